The van der Waals surface area contributed by atoms with Crippen molar-refractivity contribution in [1.29, 1.82) is 0 Å². The lowest BCUT2D eigenvalue weighted by molar-refractivity contribution is -0.140. The summed E-state index contributed by atoms with van der Waals surface area (Å²) in [6, 6.07) is 11.3. The second-order valence-electron chi connectivity index (χ2n) is 9.46. The first kappa shape index (κ1) is 29.3. The van der Waals surface area contributed by atoms with E-state index in [1.165, 1.54) is 4.90 Å². The molecule has 0 aromatic heterocycles. The fraction of sp³-hybridized carbons (Fsp3) is 0.481. The lowest BCUT2D eigenvalue weighted by Gasteiger charge is -2.33. The maximum atomic E-state index is 13.8. The Morgan fingerprint density at radius 3 is 2.24 bits per heavy atom. The maximum absolute atomic E-state index is 13.8. The number of rotatable bonds is 11. The molecule has 3 rings (SSSR count). The minimum atomic E-state index is -3.78. The largest absolute Gasteiger partial charge is 0.352 e. The SMILES string of the molecule is CCc1ccc(N(CC(=O)N(Cc2ccc(Cl)cc2Cl)[C@H](CC)C(=O)NC2CCCC2)S(C)(=O)=O)cc1. The van der Waals surface area contributed by atoms with Crippen LogP contribution in [0.5, 0.6) is 0 Å². The Labute approximate surface area is 230 Å². The number of amides is 2. The van der Waals surface area contributed by atoms with Crippen molar-refractivity contribution in [2.24, 2.45) is 0 Å². The van der Waals surface area contributed by atoms with E-state index in [-0.39, 0.29) is 18.5 Å². The van der Waals surface area contributed by atoms with Crippen LogP contribution < -0.4 is 9.62 Å². The normalized spacial score (nSPS) is 14.8. The Bertz CT molecular complexity index is 1200. The Morgan fingerprint density at radius 1 is 1.05 bits per heavy atom. The monoisotopic (exact) mass is 567 g/mol. The van der Waals surface area contributed by atoms with Gasteiger partial charge in [-0.2, -0.15) is 0 Å². The van der Waals surface area contributed by atoms with E-state index < -0.39 is 28.5 Å². The van der Waals surface area contributed by atoms with Gasteiger partial charge in [0.15, 0.2) is 0 Å². The highest BCUT2D eigenvalue weighted by Crippen LogP contribution is 2.26. The first-order chi connectivity index (χ1) is 17.5. The van der Waals surface area contributed by atoms with Crippen molar-refractivity contribution < 1.29 is 18.0 Å². The lowest BCUT2D eigenvalue weighted by Crippen LogP contribution is -2.53. The highest BCUT2D eigenvalue weighted by molar-refractivity contribution is 7.92. The number of aryl methyl sites for hydroxylation is 1. The van der Waals surface area contributed by atoms with Crippen LogP contribution in [-0.4, -0.2) is 50.0 Å². The van der Waals surface area contributed by atoms with Crippen LogP contribution in [0.3, 0.4) is 0 Å². The van der Waals surface area contributed by atoms with Gasteiger partial charge in [-0.1, -0.05) is 68.1 Å². The molecular formula is C27H35Cl2N3O4S. The molecule has 1 aliphatic carbocycles. The van der Waals surface area contributed by atoms with Gasteiger partial charge in [0.25, 0.3) is 0 Å². The topological polar surface area (TPSA) is 86.8 Å². The third-order valence-corrected chi connectivity index (χ3v) is 8.48. The van der Waals surface area contributed by atoms with Crippen molar-refractivity contribution in [2.45, 2.75) is 71.0 Å². The van der Waals surface area contributed by atoms with Gasteiger partial charge in [-0.05, 0) is 61.1 Å². The van der Waals surface area contributed by atoms with Crippen LogP contribution in [-0.2, 0) is 32.6 Å². The molecule has 0 saturated heterocycles. The van der Waals surface area contributed by atoms with Crippen molar-refractivity contribution in [1.82, 2.24) is 10.2 Å². The van der Waals surface area contributed by atoms with Gasteiger partial charge in [0.05, 0.1) is 11.9 Å². The van der Waals surface area contributed by atoms with Crippen molar-refractivity contribution in [2.75, 3.05) is 17.1 Å². The standard InChI is InChI=1S/C27H35Cl2N3O4S/c1-4-19-10-14-23(15-11-19)32(37(3,35)36)18-26(33)31(17-20-12-13-21(28)16-24(20)29)25(5-2)27(34)30-22-8-6-7-9-22/h10-16,22,25H,4-9,17-18H2,1-3H3,(H,30,34)/t25-/m1/s1. The summed E-state index contributed by atoms with van der Waals surface area (Å²) in [5.41, 5.74) is 2.06. The van der Waals surface area contributed by atoms with Gasteiger partial charge in [-0.15, -0.1) is 0 Å². The Morgan fingerprint density at radius 2 is 1.70 bits per heavy atom. The minimum Gasteiger partial charge on any atom is -0.352 e. The molecule has 0 unspecified atom stereocenters. The molecule has 0 aliphatic heterocycles. The van der Waals surface area contributed by atoms with Gasteiger partial charge >= 0.3 is 0 Å². The number of carbonyl (C=O) groups excluding carboxylic acids is 2. The highest BCUT2D eigenvalue weighted by atomic mass is 35.5. The van der Waals surface area contributed by atoms with Gasteiger partial charge in [0.1, 0.15) is 12.6 Å². The van der Waals surface area contributed by atoms with E-state index in [0.717, 1.165) is 48.2 Å². The number of hydrogen-bond donors (Lipinski definition) is 1. The fourth-order valence-corrected chi connectivity index (χ4v) is 5.95. The fourth-order valence-electron chi connectivity index (χ4n) is 4.63. The van der Waals surface area contributed by atoms with E-state index in [2.05, 4.69) is 5.32 Å². The minimum absolute atomic E-state index is 0.0395. The predicted molar refractivity (Wildman–Crippen MR) is 149 cm³/mol. The molecule has 0 heterocycles. The van der Waals surface area contributed by atoms with Crippen LogP contribution in [0, 0.1) is 0 Å². The van der Waals surface area contributed by atoms with Crippen molar-refractivity contribution in [3.8, 4) is 0 Å². The molecule has 2 aromatic carbocycles. The smallest absolute Gasteiger partial charge is 0.244 e. The van der Waals surface area contributed by atoms with Crippen LogP contribution in [0.15, 0.2) is 42.5 Å². The van der Waals surface area contributed by atoms with Gasteiger partial charge in [0.2, 0.25) is 21.8 Å². The molecule has 0 spiro atoms. The zero-order valence-corrected chi connectivity index (χ0v) is 23.9. The number of halogens is 2. The molecule has 2 amide bonds. The van der Waals surface area contributed by atoms with Crippen molar-refractivity contribution >= 4 is 50.7 Å². The third kappa shape index (κ3) is 7.85. The number of hydrogen-bond acceptors (Lipinski definition) is 4. The number of benzene rings is 2. The number of sulfonamides is 1. The second kappa shape index (κ2) is 13.0. The summed E-state index contributed by atoms with van der Waals surface area (Å²) in [5, 5.41) is 3.91. The number of nitrogens with one attached hydrogen (secondary N) is 1. The van der Waals surface area contributed by atoms with E-state index in [1.807, 2.05) is 26.0 Å². The number of carbonyl (C=O) groups is 2. The highest BCUT2D eigenvalue weighted by Gasteiger charge is 2.33. The summed E-state index contributed by atoms with van der Waals surface area (Å²) >= 11 is 12.5. The molecular weight excluding hydrogens is 533 g/mol. The molecule has 1 aliphatic rings. The van der Waals surface area contributed by atoms with Crippen LogP contribution in [0.1, 0.15) is 57.1 Å². The van der Waals surface area contributed by atoms with Crippen molar-refractivity contribution in [3.05, 3.63) is 63.6 Å². The molecule has 202 valence electrons. The van der Waals surface area contributed by atoms with E-state index in [4.69, 9.17) is 23.2 Å². The molecule has 10 heteroatoms. The number of anilines is 1. The number of nitrogens with zero attached hydrogens (tertiary/aromatic N) is 2. The summed E-state index contributed by atoms with van der Waals surface area (Å²) in [7, 11) is -3.78. The molecule has 1 saturated carbocycles. The lowest BCUT2D eigenvalue weighted by atomic mass is 10.1. The molecule has 37 heavy (non-hydrogen) atoms. The molecule has 1 N–H and O–H groups in total. The van der Waals surface area contributed by atoms with Gasteiger partial charge in [0, 0.05) is 22.6 Å². The zero-order chi connectivity index (χ0) is 27.2. The Hall–Kier alpha value is -2.29. The first-order valence-corrected chi connectivity index (χ1v) is 15.2. The third-order valence-electron chi connectivity index (χ3n) is 6.76. The van der Waals surface area contributed by atoms with Crippen LogP contribution in [0.4, 0.5) is 5.69 Å². The molecule has 1 fully saturated rings. The Kier molecular flexibility index (Phi) is 10.3. The first-order valence-electron chi connectivity index (χ1n) is 12.6. The molecule has 2 aromatic rings. The molecule has 7 nitrogen and oxygen atoms in total. The summed E-state index contributed by atoms with van der Waals surface area (Å²) in [6.45, 7) is 3.44. The summed E-state index contributed by atoms with van der Waals surface area (Å²) < 4.78 is 26.6. The van der Waals surface area contributed by atoms with E-state index in [1.54, 1.807) is 30.3 Å². The maximum Gasteiger partial charge on any atom is 0.244 e. The quantitative estimate of drug-likeness (QED) is 0.405. The average molecular weight is 569 g/mol. The summed E-state index contributed by atoms with van der Waals surface area (Å²) in [5.74, 6) is -0.740. The van der Waals surface area contributed by atoms with Gasteiger partial charge < -0.3 is 10.2 Å². The van der Waals surface area contributed by atoms with Crippen LogP contribution in [0.25, 0.3) is 0 Å². The summed E-state index contributed by atoms with van der Waals surface area (Å²) in [4.78, 5) is 28.6. The molecule has 0 bridgehead atoms. The average Bonchev–Trinajstić information content (AvgIpc) is 3.36. The molecule has 1 atom stereocenters. The van der Waals surface area contributed by atoms with Crippen LogP contribution >= 0.6 is 23.2 Å². The van der Waals surface area contributed by atoms with Gasteiger partial charge in [-0.25, -0.2) is 8.42 Å². The summed E-state index contributed by atoms with van der Waals surface area (Å²) in [6.07, 6.45) is 6.18. The van der Waals surface area contributed by atoms with Gasteiger partial charge in [-0.3, -0.25) is 13.9 Å². The zero-order valence-electron chi connectivity index (χ0n) is 21.5. The molecule has 0 radical (unpaired) electrons. The van der Waals surface area contributed by atoms with E-state index >= 15 is 0 Å². The van der Waals surface area contributed by atoms with E-state index in [9.17, 15) is 18.0 Å². The Balaban J connectivity index is 1.94. The van der Waals surface area contributed by atoms with Crippen LogP contribution in [0.2, 0.25) is 10.0 Å². The predicted octanol–water partition coefficient (Wildman–Crippen LogP) is 5.19. The van der Waals surface area contributed by atoms with E-state index in [0.29, 0.717) is 27.7 Å². The second-order valence-corrected chi connectivity index (χ2v) is 12.2. The van der Waals surface area contributed by atoms with Crippen molar-refractivity contribution in [3.63, 3.8) is 0 Å².